The number of benzene rings is 2. The summed E-state index contributed by atoms with van der Waals surface area (Å²) >= 11 is 0. The van der Waals surface area contributed by atoms with Gasteiger partial charge in [0.15, 0.2) is 0 Å². The van der Waals surface area contributed by atoms with Gasteiger partial charge in [-0.05, 0) is 24.6 Å². The number of halogens is 1. The summed E-state index contributed by atoms with van der Waals surface area (Å²) in [5, 5.41) is 12.1. The van der Waals surface area contributed by atoms with Crippen molar-refractivity contribution in [3.63, 3.8) is 0 Å². The molecule has 1 heterocycles. The van der Waals surface area contributed by atoms with Gasteiger partial charge in [0.25, 0.3) is 5.91 Å². The molecule has 3 N–H and O–H groups in total. The van der Waals surface area contributed by atoms with Crippen LogP contribution in [0.1, 0.15) is 28.9 Å². The number of imidazole rings is 1. The Labute approximate surface area is 142 Å². The smallest absolute Gasteiger partial charge is 0.308 e. The lowest BCUT2D eigenvalue weighted by Crippen LogP contribution is -2.35. The molecule has 0 aliphatic rings. The highest BCUT2D eigenvalue weighted by molar-refractivity contribution is 6.05. The summed E-state index contributed by atoms with van der Waals surface area (Å²) < 4.78 is 13.8. The number of aromatic amines is 1. The molecule has 0 aliphatic heterocycles. The molecule has 0 spiro atoms. The lowest BCUT2D eigenvalue weighted by Gasteiger charge is -2.23. The molecule has 0 bridgehead atoms. The van der Waals surface area contributed by atoms with Gasteiger partial charge in [-0.25, -0.2) is 9.37 Å². The van der Waals surface area contributed by atoms with Crippen LogP contribution in [-0.2, 0) is 4.79 Å². The van der Waals surface area contributed by atoms with E-state index < -0.39 is 29.7 Å². The Bertz CT molecular complexity index is 924. The van der Waals surface area contributed by atoms with Gasteiger partial charge in [-0.1, -0.05) is 30.3 Å². The molecule has 2 atom stereocenters. The summed E-state index contributed by atoms with van der Waals surface area (Å²) in [6, 6.07) is 10.4. The van der Waals surface area contributed by atoms with E-state index in [4.69, 9.17) is 0 Å². The number of aromatic nitrogens is 2. The predicted molar refractivity (Wildman–Crippen MR) is 89.5 cm³/mol. The van der Waals surface area contributed by atoms with Gasteiger partial charge >= 0.3 is 5.97 Å². The first-order chi connectivity index (χ1) is 12.0. The lowest BCUT2D eigenvalue weighted by atomic mass is 9.94. The Morgan fingerprint density at radius 1 is 1.24 bits per heavy atom. The highest BCUT2D eigenvalue weighted by Gasteiger charge is 2.28. The van der Waals surface area contributed by atoms with Gasteiger partial charge in [0.2, 0.25) is 0 Å². The number of amides is 1. The Morgan fingerprint density at radius 3 is 2.64 bits per heavy atom. The molecule has 7 heteroatoms. The maximum atomic E-state index is 13.8. The molecule has 0 saturated heterocycles. The Morgan fingerprint density at radius 2 is 1.96 bits per heavy atom. The second-order valence-corrected chi connectivity index (χ2v) is 5.74. The van der Waals surface area contributed by atoms with Crippen LogP contribution in [0.3, 0.4) is 0 Å². The second kappa shape index (κ2) is 6.72. The van der Waals surface area contributed by atoms with E-state index in [-0.39, 0.29) is 5.56 Å². The highest BCUT2D eigenvalue weighted by Crippen LogP contribution is 2.24. The minimum Gasteiger partial charge on any atom is -0.481 e. The van der Waals surface area contributed by atoms with Crippen molar-refractivity contribution in [1.29, 1.82) is 0 Å². The number of carboxylic acids is 1. The SMILES string of the molecule is C[C@H](C(=O)O)[C@H](NC(=O)c1cc(F)cc2[nH]cnc12)c1ccccc1. The molecule has 6 nitrogen and oxygen atoms in total. The van der Waals surface area contributed by atoms with Crippen molar-refractivity contribution < 1.29 is 19.1 Å². The number of rotatable bonds is 5. The third-order valence-corrected chi connectivity index (χ3v) is 4.07. The normalized spacial score (nSPS) is 13.4. The monoisotopic (exact) mass is 341 g/mol. The predicted octanol–water partition coefficient (Wildman–Crippen LogP) is 2.89. The molecular formula is C18H16FN3O3. The number of hydrogen-bond acceptors (Lipinski definition) is 3. The zero-order valence-electron chi connectivity index (χ0n) is 13.4. The molecule has 2 aromatic carbocycles. The van der Waals surface area contributed by atoms with E-state index in [9.17, 15) is 19.1 Å². The number of carbonyl (C=O) groups is 2. The molecule has 128 valence electrons. The number of fused-ring (bicyclic) bond motifs is 1. The molecule has 3 rings (SSSR count). The summed E-state index contributed by atoms with van der Waals surface area (Å²) in [4.78, 5) is 30.9. The minimum absolute atomic E-state index is 0.0507. The maximum absolute atomic E-state index is 13.8. The van der Waals surface area contributed by atoms with Crippen LogP contribution >= 0.6 is 0 Å². The highest BCUT2D eigenvalue weighted by atomic mass is 19.1. The van der Waals surface area contributed by atoms with Crippen molar-refractivity contribution in [3.05, 3.63) is 65.7 Å². The third kappa shape index (κ3) is 3.35. The molecule has 25 heavy (non-hydrogen) atoms. The average molecular weight is 341 g/mol. The standard InChI is InChI=1S/C18H16FN3O3/c1-10(18(24)25)15(11-5-3-2-4-6-11)22-17(23)13-7-12(19)8-14-16(13)21-9-20-14/h2-10,15H,1H3,(H,20,21)(H,22,23)(H,24,25)/t10-,15-/m0/s1. The molecule has 3 aromatic rings. The minimum atomic E-state index is -1.04. The number of hydrogen-bond donors (Lipinski definition) is 3. The van der Waals surface area contributed by atoms with E-state index in [0.29, 0.717) is 16.6 Å². The summed E-state index contributed by atoms with van der Waals surface area (Å²) in [5.74, 6) is -3.07. The van der Waals surface area contributed by atoms with Gasteiger partial charge in [-0.3, -0.25) is 9.59 Å². The zero-order chi connectivity index (χ0) is 18.0. The van der Waals surface area contributed by atoms with Crippen molar-refractivity contribution in [2.75, 3.05) is 0 Å². The molecule has 1 amide bonds. The van der Waals surface area contributed by atoms with Crippen molar-refractivity contribution >= 4 is 22.9 Å². The quantitative estimate of drug-likeness (QED) is 0.665. The number of aliphatic carboxylic acids is 1. The average Bonchev–Trinajstić information content (AvgIpc) is 3.07. The first-order valence-corrected chi connectivity index (χ1v) is 7.68. The van der Waals surface area contributed by atoms with E-state index in [1.807, 2.05) is 0 Å². The molecule has 0 aliphatic carbocycles. The fourth-order valence-electron chi connectivity index (χ4n) is 2.71. The van der Waals surface area contributed by atoms with Crippen LogP contribution in [0.4, 0.5) is 4.39 Å². The van der Waals surface area contributed by atoms with Crippen molar-refractivity contribution in [2.45, 2.75) is 13.0 Å². The van der Waals surface area contributed by atoms with Gasteiger partial charge in [0.1, 0.15) is 11.3 Å². The summed E-state index contributed by atoms with van der Waals surface area (Å²) in [7, 11) is 0. The number of H-pyrrole nitrogens is 1. The Balaban J connectivity index is 1.97. The van der Waals surface area contributed by atoms with Gasteiger partial charge in [0, 0.05) is 0 Å². The van der Waals surface area contributed by atoms with Crippen LogP contribution in [-0.4, -0.2) is 27.0 Å². The largest absolute Gasteiger partial charge is 0.481 e. The fraction of sp³-hybridized carbons (Fsp3) is 0.167. The Hall–Kier alpha value is -3.22. The van der Waals surface area contributed by atoms with E-state index in [1.165, 1.54) is 19.3 Å². The summed E-state index contributed by atoms with van der Waals surface area (Å²) in [6.45, 7) is 1.51. The van der Waals surface area contributed by atoms with Crippen LogP contribution in [0.5, 0.6) is 0 Å². The third-order valence-electron chi connectivity index (χ3n) is 4.07. The summed E-state index contributed by atoms with van der Waals surface area (Å²) in [5.41, 5.74) is 1.43. The van der Waals surface area contributed by atoms with Crippen LogP contribution < -0.4 is 5.32 Å². The van der Waals surface area contributed by atoms with Crippen LogP contribution in [0, 0.1) is 11.7 Å². The van der Waals surface area contributed by atoms with Crippen LogP contribution in [0.25, 0.3) is 11.0 Å². The zero-order valence-corrected chi connectivity index (χ0v) is 13.4. The topological polar surface area (TPSA) is 95.1 Å². The van der Waals surface area contributed by atoms with Crippen molar-refractivity contribution in [3.8, 4) is 0 Å². The fourth-order valence-corrected chi connectivity index (χ4v) is 2.71. The molecular weight excluding hydrogens is 325 g/mol. The van der Waals surface area contributed by atoms with Crippen LogP contribution in [0.2, 0.25) is 0 Å². The molecule has 0 unspecified atom stereocenters. The van der Waals surface area contributed by atoms with E-state index >= 15 is 0 Å². The van der Waals surface area contributed by atoms with Crippen molar-refractivity contribution in [2.24, 2.45) is 5.92 Å². The molecule has 0 fully saturated rings. The van der Waals surface area contributed by atoms with E-state index in [2.05, 4.69) is 15.3 Å². The van der Waals surface area contributed by atoms with E-state index in [0.717, 1.165) is 6.07 Å². The Kier molecular flexibility index (Phi) is 4.47. The summed E-state index contributed by atoms with van der Waals surface area (Å²) in [6.07, 6.45) is 1.37. The molecule has 0 radical (unpaired) electrons. The van der Waals surface area contributed by atoms with Gasteiger partial charge < -0.3 is 15.4 Å². The number of nitrogens with zero attached hydrogens (tertiary/aromatic N) is 1. The first kappa shape index (κ1) is 16.6. The molecule has 0 saturated carbocycles. The lowest BCUT2D eigenvalue weighted by molar-refractivity contribution is -0.142. The van der Waals surface area contributed by atoms with Gasteiger partial charge in [-0.15, -0.1) is 0 Å². The second-order valence-electron chi connectivity index (χ2n) is 5.74. The van der Waals surface area contributed by atoms with E-state index in [1.54, 1.807) is 30.3 Å². The first-order valence-electron chi connectivity index (χ1n) is 7.68. The van der Waals surface area contributed by atoms with Gasteiger partial charge in [-0.2, -0.15) is 0 Å². The maximum Gasteiger partial charge on any atom is 0.308 e. The number of carboxylic acid groups (broad SMARTS) is 1. The number of carbonyl (C=O) groups excluding carboxylic acids is 1. The van der Waals surface area contributed by atoms with Crippen molar-refractivity contribution in [1.82, 2.24) is 15.3 Å². The molecule has 1 aromatic heterocycles. The van der Waals surface area contributed by atoms with Crippen LogP contribution in [0.15, 0.2) is 48.8 Å². The number of nitrogens with one attached hydrogen (secondary N) is 2. The van der Waals surface area contributed by atoms with Gasteiger partial charge in [0.05, 0.1) is 29.4 Å².